The maximum absolute atomic E-state index is 2.70. The summed E-state index contributed by atoms with van der Waals surface area (Å²) in [5.41, 5.74) is 30.2. The van der Waals surface area contributed by atoms with Gasteiger partial charge >= 0.3 is 0 Å². The molecule has 11 aromatic rings. The fourth-order valence-electron chi connectivity index (χ4n) is 14.4. The van der Waals surface area contributed by atoms with Crippen LogP contribution in [0.4, 0.5) is 0 Å². The van der Waals surface area contributed by atoms with Crippen LogP contribution in [-0.4, -0.2) is 15.8 Å². The molecule has 4 heterocycles. The monoisotopic (exact) mass is 955 g/mol. The van der Waals surface area contributed by atoms with Gasteiger partial charge in [-0.05, 0) is 164 Å². The van der Waals surface area contributed by atoms with E-state index in [2.05, 4.69) is 256 Å². The van der Waals surface area contributed by atoms with E-state index < -0.39 is 5.41 Å². The Morgan fingerprint density at radius 2 is 0.730 bits per heavy atom. The van der Waals surface area contributed by atoms with Crippen molar-refractivity contribution < 1.29 is 0 Å². The minimum atomic E-state index is -0.495. The van der Waals surface area contributed by atoms with Gasteiger partial charge in [-0.25, -0.2) is 0 Å². The molecule has 2 aliphatic heterocycles. The highest BCUT2D eigenvalue weighted by Crippen LogP contribution is 2.64. The predicted octanol–water partition coefficient (Wildman–Crippen LogP) is 16.2. The first kappa shape index (κ1) is 44.2. The Hall–Kier alpha value is -7.36. The average molecular weight is 955 g/mol. The molecule has 74 heavy (non-hydrogen) atoms. The largest absolute Gasteiger partial charge is 0.310 e. The predicted molar refractivity (Wildman–Crippen MR) is 316 cm³/mol. The maximum atomic E-state index is 2.70. The molecule has 0 N–H and O–H groups in total. The average Bonchev–Trinajstić information content (AvgIpc) is 4.14. The van der Waals surface area contributed by atoms with Crippen LogP contribution in [0.3, 0.4) is 0 Å². The first-order chi connectivity index (χ1) is 35.2. The van der Waals surface area contributed by atoms with E-state index in [1.54, 1.807) is 0 Å². The van der Waals surface area contributed by atoms with E-state index in [0.717, 1.165) is 0 Å². The molecule has 2 aliphatic carbocycles. The number of hydrogen-bond donors (Lipinski definition) is 0. The Morgan fingerprint density at radius 3 is 1.16 bits per heavy atom. The first-order valence-corrected chi connectivity index (χ1v) is 27.1. The second-order valence-corrected chi connectivity index (χ2v) is 26.5. The van der Waals surface area contributed by atoms with Crippen LogP contribution in [0, 0.1) is 0 Å². The molecular formula is C71H63BN2. The van der Waals surface area contributed by atoms with E-state index in [1.165, 1.54) is 149 Å². The lowest BCUT2D eigenvalue weighted by atomic mass is 9.33. The molecule has 0 fully saturated rings. The summed E-state index contributed by atoms with van der Waals surface area (Å²) < 4.78 is 5.40. The lowest BCUT2D eigenvalue weighted by Crippen LogP contribution is -2.59. The van der Waals surface area contributed by atoms with Crippen molar-refractivity contribution >= 4 is 66.7 Å². The summed E-state index contributed by atoms with van der Waals surface area (Å²) in [6, 6.07) is 65.2. The first-order valence-electron chi connectivity index (χ1n) is 27.1. The van der Waals surface area contributed by atoms with Crippen LogP contribution in [0.5, 0.6) is 0 Å². The van der Waals surface area contributed by atoms with Crippen LogP contribution in [0.15, 0.2) is 164 Å². The van der Waals surface area contributed by atoms with Crippen molar-refractivity contribution in [1.82, 2.24) is 9.13 Å². The third-order valence-electron chi connectivity index (χ3n) is 18.1. The van der Waals surface area contributed by atoms with Crippen molar-refractivity contribution in [2.75, 3.05) is 0 Å². The molecule has 0 saturated heterocycles. The van der Waals surface area contributed by atoms with Crippen molar-refractivity contribution in [2.45, 2.75) is 110 Å². The molecule has 0 saturated carbocycles. The summed E-state index contributed by atoms with van der Waals surface area (Å²) in [5.74, 6) is 0. The number of fused-ring (bicyclic) bond motifs is 20. The van der Waals surface area contributed by atoms with Crippen LogP contribution in [-0.2, 0) is 27.1 Å². The van der Waals surface area contributed by atoms with E-state index in [1.807, 2.05) is 0 Å². The molecule has 0 radical (unpaired) electrons. The van der Waals surface area contributed by atoms with Crippen LogP contribution >= 0.6 is 0 Å². The Labute approximate surface area is 436 Å². The van der Waals surface area contributed by atoms with Crippen molar-refractivity contribution in [1.29, 1.82) is 0 Å². The molecule has 4 aliphatic rings. The van der Waals surface area contributed by atoms with E-state index in [4.69, 9.17) is 0 Å². The smallest absolute Gasteiger partial charge is 0.252 e. The standard InChI is InChI=1S/C71H63BN2/c1-67(2,3)41-28-30-59-50(34-41)52-36-43(69(7,8)9)38-57-65(52)73(59)61-32-40(33-62-64(61)72(57)58-39-44(70(10,11)12)37-53-51-35-42(68(4,5)6)29-31-60(51)74(62)66(53)58)45-23-19-24-49-48-22-15-18-27-56(48)71(63(45)49)54-25-16-13-20-46(54)47-21-14-17-26-55(47)71/h13-39H,1-12H3. The molecule has 1 spiro atoms. The number of benzene rings is 9. The number of hydrogen-bond acceptors (Lipinski definition) is 0. The summed E-state index contributed by atoms with van der Waals surface area (Å²) in [5, 5.41) is 5.37. The SMILES string of the molecule is CC(C)(C)c1ccc2c(c1)c1cc(C(C)(C)C)cc3c1n2-c1cc(-c2cccc4c2C2(c5ccccc5-c5ccccc52)c2ccccc2-4)cc2c1B3c1cc(C(C)(C)C)cc3c4cc(C(C)(C)C)ccc4n-2c13. The summed E-state index contributed by atoms with van der Waals surface area (Å²) in [6.07, 6.45) is 0. The van der Waals surface area contributed by atoms with Gasteiger partial charge in [0.2, 0.25) is 0 Å². The fourth-order valence-corrected chi connectivity index (χ4v) is 14.4. The van der Waals surface area contributed by atoms with Crippen LogP contribution in [0.1, 0.15) is 128 Å². The van der Waals surface area contributed by atoms with Crippen LogP contribution in [0.25, 0.3) is 88.4 Å². The van der Waals surface area contributed by atoms with E-state index in [0.29, 0.717) is 0 Å². The third-order valence-corrected chi connectivity index (χ3v) is 18.1. The highest BCUT2D eigenvalue weighted by Gasteiger charge is 2.53. The topological polar surface area (TPSA) is 9.86 Å². The Morgan fingerprint density at radius 1 is 0.351 bits per heavy atom. The Bertz CT molecular complexity index is 4110. The number of aromatic nitrogens is 2. The van der Waals surface area contributed by atoms with Gasteiger partial charge in [0.25, 0.3) is 6.71 Å². The summed E-state index contributed by atoms with van der Waals surface area (Å²) in [7, 11) is 0. The number of nitrogens with zero attached hydrogens (tertiary/aromatic N) is 2. The molecule has 9 aromatic carbocycles. The third kappa shape index (κ3) is 5.53. The van der Waals surface area contributed by atoms with Gasteiger partial charge in [0, 0.05) is 44.0 Å². The molecule has 0 bridgehead atoms. The van der Waals surface area contributed by atoms with E-state index in [9.17, 15) is 0 Å². The zero-order valence-electron chi connectivity index (χ0n) is 45.1. The lowest BCUT2D eigenvalue weighted by Gasteiger charge is -2.36. The molecule has 3 heteroatoms. The zero-order valence-corrected chi connectivity index (χ0v) is 45.1. The molecule has 0 unspecified atom stereocenters. The van der Waals surface area contributed by atoms with Crippen LogP contribution in [0.2, 0.25) is 0 Å². The summed E-state index contributed by atoms with van der Waals surface area (Å²) in [6.45, 7) is 28.5. The van der Waals surface area contributed by atoms with Gasteiger partial charge in [-0.3, -0.25) is 0 Å². The molecule has 2 nitrogen and oxygen atoms in total. The molecule has 0 atom stereocenters. The zero-order chi connectivity index (χ0) is 50.9. The van der Waals surface area contributed by atoms with Crippen LogP contribution < -0.4 is 16.4 Å². The van der Waals surface area contributed by atoms with Gasteiger partial charge in [-0.1, -0.05) is 198 Å². The summed E-state index contributed by atoms with van der Waals surface area (Å²) >= 11 is 0. The van der Waals surface area contributed by atoms with Gasteiger partial charge in [0.15, 0.2) is 0 Å². The second-order valence-electron chi connectivity index (χ2n) is 26.5. The molecule has 2 aromatic heterocycles. The maximum Gasteiger partial charge on any atom is 0.252 e. The van der Waals surface area contributed by atoms with Gasteiger partial charge in [-0.15, -0.1) is 0 Å². The summed E-state index contributed by atoms with van der Waals surface area (Å²) in [4.78, 5) is 0. The van der Waals surface area contributed by atoms with E-state index >= 15 is 0 Å². The molecule has 15 rings (SSSR count). The van der Waals surface area contributed by atoms with Gasteiger partial charge in [0.05, 0.1) is 16.4 Å². The van der Waals surface area contributed by atoms with Crippen molar-refractivity contribution in [2.24, 2.45) is 0 Å². The van der Waals surface area contributed by atoms with Crippen molar-refractivity contribution in [3.8, 4) is 44.8 Å². The minimum absolute atomic E-state index is 0.00659. The molecule has 360 valence electrons. The van der Waals surface area contributed by atoms with Crippen molar-refractivity contribution in [3.63, 3.8) is 0 Å². The number of rotatable bonds is 1. The minimum Gasteiger partial charge on any atom is -0.310 e. The Balaban J connectivity index is 1.15. The highest BCUT2D eigenvalue weighted by molar-refractivity contribution is 7.00. The fraction of sp³-hybridized carbons (Fsp3) is 0.239. The quantitative estimate of drug-likeness (QED) is 0.145. The highest BCUT2D eigenvalue weighted by atomic mass is 15.0. The Kier molecular flexibility index (Phi) is 8.39. The van der Waals surface area contributed by atoms with E-state index in [-0.39, 0.29) is 28.4 Å². The van der Waals surface area contributed by atoms with Gasteiger partial charge in [0.1, 0.15) is 0 Å². The second kappa shape index (κ2) is 14.1. The molecular weight excluding hydrogens is 892 g/mol. The molecule has 0 amide bonds. The van der Waals surface area contributed by atoms with Gasteiger partial charge < -0.3 is 9.13 Å². The normalized spacial score (nSPS) is 14.8. The van der Waals surface area contributed by atoms with Crippen molar-refractivity contribution in [3.05, 3.63) is 208 Å². The lowest BCUT2D eigenvalue weighted by molar-refractivity contribution is 0.590. The van der Waals surface area contributed by atoms with Gasteiger partial charge in [-0.2, -0.15) is 0 Å².